The van der Waals surface area contributed by atoms with E-state index in [-0.39, 0.29) is 23.3 Å². The van der Waals surface area contributed by atoms with Crippen LogP contribution in [0.4, 0.5) is 0 Å². The van der Waals surface area contributed by atoms with Gasteiger partial charge >= 0.3 is 0 Å². The summed E-state index contributed by atoms with van der Waals surface area (Å²) in [5.74, 6) is 0.381. The van der Waals surface area contributed by atoms with E-state index in [1.165, 1.54) is 0 Å². The highest BCUT2D eigenvalue weighted by Gasteiger charge is 2.48. The summed E-state index contributed by atoms with van der Waals surface area (Å²) in [6.45, 7) is 0. The molecule has 1 aliphatic carbocycles. The smallest absolute Gasteiger partial charge is 0.256 e. The number of amides is 1. The molecule has 4 rings (SSSR count). The Kier molecular flexibility index (Phi) is 5.28. The van der Waals surface area contributed by atoms with Crippen molar-refractivity contribution in [1.82, 2.24) is 5.32 Å². The number of ether oxygens (including phenoxy) is 2. The summed E-state index contributed by atoms with van der Waals surface area (Å²) in [6.07, 6.45) is 2.97. The number of carbonyl (C=O) groups is 1. The van der Waals surface area contributed by atoms with Crippen LogP contribution >= 0.6 is 11.6 Å². The lowest BCUT2D eigenvalue weighted by molar-refractivity contribution is -0.116. The van der Waals surface area contributed by atoms with Crippen molar-refractivity contribution in [3.8, 4) is 16.9 Å². The van der Waals surface area contributed by atoms with Crippen molar-refractivity contribution in [3.63, 3.8) is 0 Å². The maximum Gasteiger partial charge on any atom is 0.256 e. The van der Waals surface area contributed by atoms with Crippen LogP contribution in [0.2, 0.25) is 5.02 Å². The quantitative estimate of drug-likeness (QED) is 0.759. The largest absolute Gasteiger partial charge is 0.509 e. The molecule has 1 amide bonds. The highest BCUT2D eigenvalue weighted by Crippen LogP contribution is 2.45. The normalized spacial score (nSPS) is 24.1. The molecule has 1 fully saturated rings. The lowest BCUT2D eigenvalue weighted by Crippen LogP contribution is -2.48. The zero-order chi connectivity index (χ0) is 20.6. The molecule has 0 aromatic heterocycles. The van der Waals surface area contributed by atoms with Crippen LogP contribution in [-0.4, -0.2) is 36.9 Å². The minimum absolute atomic E-state index is 0.0723. The fourth-order valence-corrected chi connectivity index (χ4v) is 4.62. The molecule has 0 bridgehead atoms. The zero-order valence-corrected chi connectivity index (χ0v) is 17.3. The molecular formula is C23H24ClNO4. The third kappa shape index (κ3) is 3.38. The number of aliphatic hydroxyl groups excluding tert-OH is 1. The first kappa shape index (κ1) is 19.8. The van der Waals surface area contributed by atoms with Gasteiger partial charge in [0.1, 0.15) is 11.5 Å². The number of benzene rings is 2. The second-order valence-electron chi connectivity index (χ2n) is 7.59. The zero-order valence-electron chi connectivity index (χ0n) is 16.5. The van der Waals surface area contributed by atoms with Crippen LogP contribution in [0.25, 0.3) is 16.7 Å². The summed E-state index contributed by atoms with van der Waals surface area (Å²) < 4.78 is 10.9. The number of hydrogen-bond donors (Lipinski definition) is 2. The molecule has 29 heavy (non-hydrogen) atoms. The summed E-state index contributed by atoms with van der Waals surface area (Å²) in [4.78, 5) is 12.9. The molecule has 0 atom stereocenters. The van der Waals surface area contributed by atoms with Gasteiger partial charge in [0.25, 0.3) is 5.91 Å². The lowest BCUT2D eigenvalue weighted by atomic mass is 9.79. The molecule has 2 aromatic rings. The molecule has 1 saturated carbocycles. The highest BCUT2D eigenvalue weighted by atomic mass is 35.5. The Labute approximate surface area is 175 Å². The topological polar surface area (TPSA) is 67.8 Å². The second-order valence-corrected chi connectivity index (χ2v) is 8.00. The van der Waals surface area contributed by atoms with Crippen LogP contribution < -0.4 is 10.1 Å². The first-order valence-corrected chi connectivity index (χ1v) is 10.1. The molecule has 1 aliphatic heterocycles. The van der Waals surface area contributed by atoms with Crippen molar-refractivity contribution in [2.75, 3.05) is 14.2 Å². The van der Waals surface area contributed by atoms with E-state index in [9.17, 15) is 9.90 Å². The summed E-state index contributed by atoms with van der Waals surface area (Å²) in [5, 5.41) is 14.5. The monoisotopic (exact) mass is 413 g/mol. The molecule has 1 spiro atoms. The number of methoxy groups -OCH3 is 2. The Balaban J connectivity index is 1.81. The van der Waals surface area contributed by atoms with E-state index >= 15 is 0 Å². The SMILES string of the molecule is COc1cc(Cl)c(C2=C(O)C3(CCC(OC)CC3)NC2=O)cc1-c1ccccc1. The Morgan fingerprint density at radius 2 is 1.79 bits per heavy atom. The van der Waals surface area contributed by atoms with Crippen LogP contribution in [0.1, 0.15) is 31.2 Å². The van der Waals surface area contributed by atoms with Crippen molar-refractivity contribution < 1.29 is 19.4 Å². The van der Waals surface area contributed by atoms with Gasteiger partial charge < -0.3 is 19.9 Å². The Morgan fingerprint density at radius 1 is 1.10 bits per heavy atom. The van der Waals surface area contributed by atoms with E-state index in [0.29, 0.717) is 29.2 Å². The van der Waals surface area contributed by atoms with E-state index in [1.807, 2.05) is 36.4 Å². The molecule has 152 valence electrons. The number of carbonyl (C=O) groups excluding carboxylic acids is 1. The average Bonchev–Trinajstić information content (AvgIpc) is 2.98. The van der Waals surface area contributed by atoms with Gasteiger partial charge in [0.15, 0.2) is 0 Å². The van der Waals surface area contributed by atoms with E-state index in [4.69, 9.17) is 21.1 Å². The number of rotatable bonds is 4. The minimum Gasteiger partial charge on any atom is -0.509 e. The van der Waals surface area contributed by atoms with Crippen molar-refractivity contribution >= 4 is 23.1 Å². The Bertz CT molecular complexity index is 962. The molecule has 6 heteroatoms. The first-order chi connectivity index (χ1) is 14.0. The predicted octanol–water partition coefficient (Wildman–Crippen LogP) is 4.74. The van der Waals surface area contributed by atoms with Crippen molar-refractivity contribution in [3.05, 3.63) is 58.8 Å². The fraction of sp³-hybridized carbons (Fsp3) is 0.348. The van der Waals surface area contributed by atoms with Gasteiger partial charge in [-0.25, -0.2) is 0 Å². The molecule has 2 aliphatic rings. The average molecular weight is 414 g/mol. The van der Waals surface area contributed by atoms with Crippen LogP contribution in [-0.2, 0) is 9.53 Å². The minimum atomic E-state index is -0.738. The number of hydrogen-bond acceptors (Lipinski definition) is 4. The predicted molar refractivity (Wildman–Crippen MR) is 113 cm³/mol. The molecular weight excluding hydrogens is 390 g/mol. The molecule has 2 aromatic carbocycles. The van der Waals surface area contributed by atoms with E-state index in [0.717, 1.165) is 24.0 Å². The Morgan fingerprint density at radius 3 is 2.41 bits per heavy atom. The van der Waals surface area contributed by atoms with Gasteiger partial charge in [-0.2, -0.15) is 0 Å². The van der Waals surface area contributed by atoms with Crippen molar-refractivity contribution in [2.24, 2.45) is 0 Å². The van der Waals surface area contributed by atoms with Gasteiger partial charge in [-0.3, -0.25) is 4.79 Å². The van der Waals surface area contributed by atoms with Crippen LogP contribution in [0, 0.1) is 0 Å². The summed E-state index contributed by atoms with van der Waals surface area (Å²) in [5.41, 5.74) is 1.76. The molecule has 0 unspecified atom stereocenters. The van der Waals surface area contributed by atoms with E-state index < -0.39 is 5.54 Å². The van der Waals surface area contributed by atoms with Gasteiger partial charge in [0.2, 0.25) is 0 Å². The maximum absolute atomic E-state index is 12.9. The van der Waals surface area contributed by atoms with Gasteiger partial charge in [-0.1, -0.05) is 41.9 Å². The second kappa shape index (κ2) is 7.73. The fourth-order valence-electron chi connectivity index (χ4n) is 4.38. The van der Waals surface area contributed by atoms with Crippen LogP contribution in [0.3, 0.4) is 0 Å². The van der Waals surface area contributed by atoms with Gasteiger partial charge in [-0.15, -0.1) is 0 Å². The number of halogens is 1. The molecule has 0 radical (unpaired) electrons. The Hall–Kier alpha value is -2.50. The number of aliphatic hydroxyl groups is 1. The standard InChI is InChI=1S/C23H24ClNO4/c1-28-15-8-10-23(11-9-15)21(26)20(22(27)25-23)17-12-16(14-6-4-3-5-7-14)19(29-2)13-18(17)24/h3-7,12-13,15,26H,8-11H2,1-2H3,(H,25,27). The molecule has 0 saturated heterocycles. The lowest BCUT2D eigenvalue weighted by Gasteiger charge is -2.36. The third-order valence-corrected chi connectivity index (χ3v) is 6.35. The maximum atomic E-state index is 12.9. The summed E-state index contributed by atoms with van der Waals surface area (Å²) in [7, 11) is 3.28. The first-order valence-electron chi connectivity index (χ1n) is 9.71. The van der Waals surface area contributed by atoms with Crippen molar-refractivity contribution in [2.45, 2.75) is 37.3 Å². The van der Waals surface area contributed by atoms with E-state index in [1.54, 1.807) is 20.3 Å². The summed E-state index contributed by atoms with van der Waals surface area (Å²) >= 11 is 6.53. The van der Waals surface area contributed by atoms with Crippen LogP contribution in [0.5, 0.6) is 5.75 Å². The van der Waals surface area contributed by atoms with Crippen LogP contribution in [0.15, 0.2) is 48.2 Å². The molecule has 2 N–H and O–H groups in total. The van der Waals surface area contributed by atoms with Gasteiger partial charge in [-0.05, 0) is 37.3 Å². The van der Waals surface area contributed by atoms with E-state index in [2.05, 4.69) is 5.32 Å². The van der Waals surface area contributed by atoms with Gasteiger partial charge in [0, 0.05) is 24.3 Å². The highest BCUT2D eigenvalue weighted by molar-refractivity contribution is 6.36. The summed E-state index contributed by atoms with van der Waals surface area (Å²) in [6, 6.07) is 13.3. The molecule has 1 heterocycles. The molecule has 5 nitrogen and oxygen atoms in total. The van der Waals surface area contributed by atoms with Crippen molar-refractivity contribution in [1.29, 1.82) is 0 Å². The van der Waals surface area contributed by atoms with Gasteiger partial charge in [0.05, 0.1) is 29.3 Å². The number of nitrogens with one attached hydrogen (secondary N) is 1. The third-order valence-electron chi connectivity index (χ3n) is 6.03.